The molecule has 1 N–H and O–H groups in total. The summed E-state index contributed by atoms with van der Waals surface area (Å²) < 4.78 is 4.33. The SMILES string of the molecule is CC(C)c1nsc(NCC2CCCCC2Cl)n1. The summed E-state index contributed by atoms with van der Waals surface area (Å²) in [6.45, 7) is 5.16. The van der Waals surface area contributed by atoms with Crippen LogP contribution < -0.4 is 5.32 Å². The van der Waals surface area contributed by atoms with E-state index in [2.05, 4.69) is 28.5 Å². The summed E-state index contributed by atoms with van der Waals surface area (Å²) >= 11 is 7.78. The van der Waals surface area contributed by atoms with E-state index in [1.165, 1.54) is 30.8 Å². The van der Waals surface area contributed by atoms with Crippen molar-refractivity contribution in [3.8, 4) is 0 Å². The van der Waals surface area contributed by atoms with E-state index >= 15 is 0 Å². The van der Waals surface area contributed by atoms with Gasteiger partial charge in [-0.15, -0.1) is 11.6 Å². The fraction of sp³-hybridized carbons (Fsp3) is 0.833. The van der Waals surface area contributed by atoms with Gasteiger partial charge in [0.1, 0.15) is 5.82 Å². The van der Waals surface area contributed by atoms with Crippen LogP contribution >= 0.6 is 23.1 Å². The number of nitrogens with zero attached hydrogens (tertiary/aromatic N) is 2. The molecule has 17 heavy (non-hydrogen) atoms. The maximum atomic E-state index is 6.33. The molecule has 1 aliphatic rings. The van der Waals surface area contributed by atoms with Crippen molar-refractivity contribution >= 4 is 28.3 Å². The first-order valence-corrected chi connectivity index (χ1v) is 7.59. The number of rotatable bonds is 4. The van der Waals surface area contributed by atoms with Gasteiger partial charge in [-0.1, -0.05) is 26.7 Å². The van der Waals surface area contributed by atoms with Crippen LogP contribution in [0.4, 0.5) is 5.13 Å². The Kier molecular flexibility index (Phi) is 4.62. The molecule has 1 aromatic heterocycles. The third-order valence-electron chi connectivity index (χ3n) is 3.29. The molecule has 0 aliphatic heterocycles. The van der Waals surface area contributed by atoms with Crippen molar-refractivity contribution in [2.24, 2.45) is 5.92 Å². The predicted molar refractivity (Wildman–Crippen MR) is 74.1 cm³/mol. The molecule has 0 aromatic carbocycles. The summed E-state index contributed by atoms with van der Waals surface area (Å²) in [5.41, 5.74) is 0. The zero-order valence-electron chi connectivity index (χ0n) is 10.4. The van der Waals surface area contributed by atoms with Crippen LogP contribution in [-0.4, -0.2) is 21.3 Å². The Hall–Kier alpha value is -0.350. The van der Waals surface area contributed by atoms with E-state index in [-0.39, 0.29) is 0 Å². The van der Waals surface area contributed by atoms with Gasteiger partial charge in [0.05, 0.1) is 0 Å². The van der Waals surface area contributed by atoms with E-state index in [1.807, 2.05) is 0 Å². The molecule has 1 heterocycles. The molecule has 1 aliphatic carbocycles. The fourth-order valence-corrected chi connectivity index (χ4v) is 3.24. The monoisotopic (exact) mass is 273 g/mol. The number of alkyl halides is 1. The summed E-state index contributed by atoms with van der Waals surface area (Å²) in [7, 11) is 0. The second kappa shape index (κ2) is 6.01. The van der Waals surface area contributed by atoms with Crippen LogP contribution in [0.2, 0.25) is 0 Å². The van der Waals surface area contributed by atoms with Crippen LogP contribution in [0.3, 0.4) is 0 Å². The third kappa shape index (κ3) is 3.55. The molecule has 96 valence electrons. The lowest BCUT2D eigenvalue weighted by Crippen LogP contribution is -2.26. The van der Waals surface area contributed by atoms with Gasteiger partial charge >= 0.3 is 0 Å². The smallest absolute Gasteiger partial charge is 0.202 e. The van der Waals surface area contributed by atoms with Crippen molar-refractivity contribution in [1.82, 2.24) is 9.36 Å². The molecule has 2 unspecified atom stereocenters. The van der Waals surface area contributed by atoms with E-state index in [0.29, 0.717) is 17.2 Å². The van der Waals surface area contributed by atoms with Gasteiger partial charge in [0.25, 0.3) is 0 Å². The Labute approximate surface area is 112 Å². The van der Waals surface area contributed by atoms with Gasteiger partial charge in [-0.25, -0.2) is 4.98 Å². The van der Waals surface area contributed by atoms with Crippen LogP contribution in [0, 0.1) is 5.92 Å². The Bertz CT molecular complexity index is 353. The second-order valence-electron chi connectivity index (χ2n) is 5.05. The summed E-state index contributed by atoms with van der Waals surface area (Å²) in [4.78, 5) is 4.47. The van der Waals surface area contributed by atoms with Crippen molar-refractivity contribution in [1.29, 1.82) is 0 Å². The van der Waals surface area contributed by atoms with E-state index < -0.39 is 0 Å². The minimum Gasteiger partial charge on any atom is -0.360 e. The highest BCUT2D eigenvalue weighted by Gasteiger charge is 2.23. The minimum atomic E-state index is 0.328. The van der Waals surface area contributed by atoms with Gasteiger partial charge in [0.2, 0.25) is 5.13 Å². The first-order valence-electron chi connectivity index (χ1n) is 6.38. The number of halogens is 1. The van der Waals surface area contributed by atoms with Crippen molar-refractivity contribution in [2.45, 2.75) is 50.8 Å². The van der Waals surface area contributed by atoms with E-state index in [4.69, 9.17) is 11.6 Å². The van der Waals surface area contributed by atoms with Crippen LogP contribution in [0.5, 0.6) is 0 Å². The zero-order valence-corrected chi connectivity index (χ0v) is 12.0. The minimum absolute atomic E-state index is 0.328. The number of hydrogen-bond acceptors (Lipinski definition) is 4. The van der Waals surface area contributed by atoms with Crippen molar-refractivity contribution < 1.29 is 0 Å². The summed E-state index contributed by atoms with van der Waals surface area (Å²) in [6, 6.07) is 0. The fourth-order valence-electron chi connectivity index (χ4n) is 2.15. The molecule has 0 spiro atoms. The molecule has 0 amide bonds. The average Bonchev–Trinajstić information content (AvgIpc) is 2.77. The lowest BCUT2D eigenvalue weighted by Gasteiger charge is -2.26. The topological polar surface area (TPSA) is 37.8 Å². The summed E-state index contributed by atoms with van der Waals surface area (Å²) in [5, 5.41) is 4.64. The molecule has 3 nitrogen and oxygen atoms in total. The predicted octanol–water partition coefficient (Wildman–Crippen LogP) is 3.87. The van der Waals surface area contributed by atoms with Crippen molar-refractivity contribution in [3.05, 3.63) is 5.82 Å². The Morgan fingerprint density at radius 2 is 2.18 bits per heavy atom. The maximum Gasteiger partial charge on any atom is 0.202 e. The largest absolute Gasteiger partial charge is 0.360 e. The first-order chi connectivity index (χ1) is 8.16. The summed E-state index contributed by atoms with van der Waals surface area (Å²) in [6.07, 6.45) is 4.97. The van der Waals surface area contributed by atoms with Gasteiger partial charge in [-0.2, -0.15) is 4.37 Å². The molecule has 0 bridgehead atoms. The molecule has 1 aromatic rings. The molecular weight excluding hydrogens is 254 g/mol. The second-order valence-corrected chi connectivity index (χ2v) is 6.37. The van der Waals surface area contributed by atoms with Crippen LogP contribution in [0.1, 0.15) is 51.3 Å². The van der Waals surface area contributed by atoms with Crippen molar-refractivity contribution in [3.63, 3.8) is 0 Å². The highest BCUT2D eigenvalue weighted by atomic mass is 35.5. The van der Waals surface area contributed by atoms with Gasteiger partial charge < -0.3 is 5.32 Å². The van der Waals surface area contributed by atoms with E-state index in [1.54, 1.807) is 0 Å². The lowest BCUT2D eigenvalue weighted by atomic mass is 9.89. The quantitative estimate of drug-likeness (QED) is 0.847. The normalized spacial score (nSPS) is 25.2. The number of aromatic nitrogens is 2. The van der Waals surface area contributed by atoms with Gasteiger partial charge in [0.15, 0.2) is 0 Å². The molecule has 0 radical (unpaired) electrons. The first kappa shape index (κ1) is 13.1. The van der Waals surface area contributed by atoms with Crippen LogP contribution in [0.15, 0.2) is 0 Å². The Morgan fingerprint density at radius 3 is 2.82 bits per heavy atom. The van der Waals surface area contributed by atoms with E-state index in [9.17, 15) is 0 Å². The highest BCUT2D eigenvalue weighted by molar-refractivity contribution is 7.09. The van der Waals surface area contributed by atoms with Gasteiger partial charge in [-0.05, 0) is 18.8 Å². The zero-order chi connectivity index (χ0) is 12.3. The number of hydrogen-bond donors (Lipinski definition) is 1. The molecule has 1 saturated carbocycles. The summed E-state index contributed by atoms with van der Waals surface area (Å²) in [5.74, 6) is 1.91. The molecule has 2 atom stereocenters. The van der Waals surface area contributed by atoms with Gasteiger partial charge in [-0.3, -0.25) is 0 Å². The standard InChI is InChI=1S/C12H20ClN3S/c1-8(2)11-15-12(17-16-11)14-7-9-5-3-4-6-10(9)13/h8-10H,3-7H2,1-2H3,(H,14,15,16). The highest BCUT2D eigenvalue weighted by Crippen LogP contribution is 2.29. The van der Waals surface area contributed by atoms with Gasteiger partial charge in [0, 0.05) is 29.4 Å². The third-order valence-corrected chi connectivity index (χ3v) is 4.55. The van der Waals surface area contributed by atoms with E-state index in [0.717, 1.165) is 23.9 Å². The number of nitrogens with one attached hydrogen (secondary N) is 1. The molecular formula is C12H20ClN3S. The maximum absolute atomic E-state index is 6.33. The molecule has 0 saturated heterocycles. The molecule has 1 fully saturated rings. The number of anilines is 1. The molecule has 5 heteroatoms. The Morgan fingerprint density at radius 1 is 1.41 bits per heavy atom. The average molecular weight is 274 g/mol. The molecule has 2 rings (SSSR count). The lowest BCUT2D eigenvalue weighted by molar-refractivity contribution is 0.380. The van der Waals surface area contributed by atoms with Crippen molar-refractivity contribution in [2.75, 3.05) is 11.9 Å². The Balaban J connectivity index is 1.84. The van der Waals surface area contributed by atoms with Crippen LogP contribution in [-0.2, 0) is 0 Å². The van der Waals surface area contributed by atoms with Crippen LogP contribution in [0.25, 0.3) is 0 Å².